The molecule has 0 heterocycles. The van der Waals surface area contributed by atoms with Crippen LogP contribution >= 0.6 is 15.9 Å². The lowest BCUT2D eigenvalue weighted by atomic mass is 10.3. The van der Waals surface area contributed by atoms with E-state index in [0.717, 1.165) is 10.2 Å². The topological polar surface area (TPSA) is 29.5 Å². The summed E-state index contributed by atoms with van der Waals surface area (Å²) >= 11 is 3.32. The summed E-state index contributed by atoms with van der Waals surface area (Å²) < 4.78 is 6.37. The van der Waals surface area contributed by atoms with Gasteiger partial charge in [0.25, 0.3) is 0 Å². The van der Waals surface area contributed by atoms with Crippen molar-refractivity contribution >= 4 is 15.9 Å². The molecule has 0 aliphatic heterocycles. The van der Waals surface area contributed by atoms with Crippen LogP contribution < -0.4 is 4.74 Å². The molecule has 1 N–H and O–H groups in total. The molecule has 1 aromatic rings. The lowest BCUT2D eigenvalue weighted by Crippen LogP contribution is -2.15. The van der Waals surface area contributed by atoms with Gasteiger partial charge in [0, 0.05) is 4.47 Å². The molecule has 12 heavy (non-hydrogen) atoms. The Kier molecular flexibility index (Phi) is 3.56. The van der Waals surface area contributed by atoms with Crippen molar-refractivity contribution in [2.45, 2.75) is 13.0 Å². The molecular weight excluding hydrogens is 220 g/mol. The molecule has 1 rings (SSSR count). The molecule has 0 saturated carbocycles. The zero-order chi connectivity index (χ0) is 8.97. The van der Waals surface area contributed by atoms with Crippen LogP contribution in [0.1, 0.15) is 6.92 Å². The predicted octanol–water partition coefficient (Wildman–Crippen LogP) is 2.21. The number of aliphatic hydroxyl groups excluding tert-OH is 1. The highest BCUT2D eigenvalue weighted by Gasteiger charge is 2.00. The van der Waals surface area contributed by atoms with E-state index in [4.69, 9.17) is 9.84 Å². The minimum Gasteiger partial charge on any atom is -0.488 e. The first-order valence-corrected chi connectivity index (χ1v) is 4.55. The van der Waals surface area contributed by atoms with E-state index in [1.807, 2.05) is 31.2 Å². The molecule has 0 aliphatic rings. The van der Waals surface area contributed by atoms with Crippen LogP contribution in [-0.2, 0) is 0 Å². The maximum absolute atomic E-state index is 8.72. The molecule has 1 aromatic carbocycles. The van der Waals surface area contributed by atoms with Crippen LogP contribution in [0.25, 0.3) is 0 Å². The van der Waals surface area contributed by atoms with E-state index >= 15 is 0 Å². The van der Waals surface area contributed by atoms with Crippen molar-refractivity contribution in [3.05, 3.63) is 28.7 Å². The molecule has 0 fully saturated rings. The van der Waals surface area contributed by atoms with Crippen LogP contribution in [0.4, 0.5) is 0 Å². The quantitative estimate of drug-likeness (QED) is 0.864. The van der Waals surface area contributed by atoms with Crippen molar-refractivity contribution in [2.24, 2.45) is 0 Å². The summed E-state index contributed by atoms with van der Waals surface area (Å²) in [6.45, 7) is 1.86. The minimum absolute atomic E-state index is 0.0378. The summed E-state index contributed by atoms with van der Waals surface area (Å²) in [6, 6.07) is 7.52. The number of ether oxygens (including phenoxy) is 1. The maximum Gasteiger partial charge on any atom is 0.119 e. The summed E-state index contributed by atoms with van der Waals surface area (Å²) in [5.41, 5.74) is 0. The molecule has 0 unspecified atom stereocenters. The molecule has 66 valence electrons. The van der Waals surface area contributed by atoms with Gasteiger partial charge in [-0.3, -0.25) is 0 Å². The molecule has 0 saturated heterocycles. The second-order valence-corrected chi connectivity index (χ2v) is 3.48. The third-order valence-electron chi connectivity index (χ3n) is 1.41. The van der Waals surface area contributed by atoms with Crippen LogP contribution in [0.2, 0.25) is 0 Å². The third-order valence-corrected chi connectivity index (χ3v) is 1.94. The van der Waals surface area contributed by atoms with Crippen molar-refractivity contribution in [1.82, 2.24) is 0 Å². The Morgan fingerprint density at radius 1 is 1.42 bits per heavy atom. The number of hydrogen-bond donors (Lipinski definition) is 1. The number of halogens is 1. The van der Waals surface area contributed by atoms with Gasteiger partial charge < -0.3 is 9.84 Å². The van der Waals surface area contributed by atoms with E-state index in [1.54, 1.807) is 0 Å². The zero-order valence-electron chi connectivity index (χ0n) is 6.83. The molecular formula is C9H11BrO2. The monoisotopic (exact) mass is 230 g/mol. The molecule has 0 amide bonds. The molecule has 1 atom stereocenters. The first kappa shape index (κ1) is 9.55. The Labute approximate surface area is 80.3 Å². The van der Waals surface area contributed by atoms with E-state index in [1.165, 1.54) is 0 Å². The van der Waals surface area contributed by atoms with Crippen LogP contribution in [0.15, 0.2) is 28.7 Å². The van der Waals surface area contributed by atoms with Crippen molar-refractivity contribution in [1.29, 1.82) is 0 Å². The molecule has 0 radical (unpaired) electrons. The Bertz CT molecular complexity index is 233. The highest BCUT2D eigenvalue weighted by atomic mass is 79.9. The molecule has 0 aromatic heterocycles. The molecule has 0 spiro atoms. The van der Waals surface area contributed by atoms with Crippen molar-refractivity contribution < 1.29 is 9.84 Å². The number of hydrogen-bond acceptors (Lipinski definition) is 2. The van der Waals surface area contributed by atoms with E-state index in [0.29, 0.717) is 0 Å². The van der Waals surface area contributed by atoms with E-state index < -0.39 is 0 Å². The smallest absolute Gasteiger partial charge is 0.119 e. The lowest BCUT2D eigenvalue weighted by Gasteiger charge is -2.11. The van der Waals surface area contributed by atoms with Crippen molar-refractivity contribution in [3.63, 3.8) is 0 Å². The van der Waals surface area contributed by atoms with Gasteiger partial charge in [-0.1, -0.05) is 15.9 Å². The normalized spacial score (nSPS) is 12.6. The summed E-state index contributed by atoms with van der Waals surface area (Å²) in [5.74, 6) is 0.778. The van der Waals surface area contributed by atoms with Gasteiger partial charge in [-0.25, -0.2) is 0 Å². The molecule has 2 nitrogen and oxygen atoms in total. The van der Waals surface area contributed by atoms with E-state index in [2.05, 4.69) is 15.9 Å². The van der Waals surface area contributed by atoms with Crippen LogP contribution in [0, 0.1) is 0 Å². The summed E-state index contributed by atoms with van der Waals surface area (Å²) in [7, 11) is 0. The fourth-order valence-corrected chi connectivity index (χ4v) is 1.05. The summed E-state index contributed by atoms with van der Waals surface area (Å²) in [4.78, 5) is 0. The highest BCUT2D eigenvalue weighted by Crippen LogP contribution is 2.16. The number of rotatable bonds is 3. The summed E-state index contributed by atoms with van der Waals surface area (Å²) in [5, 5.41) is 8.72. The Morgan fingerprint density at radius 2 is 2.00 bits per heavy atom. The van der Waals surface area contributed by atoms with Gasteiger partial charge in [-0.15, -0.1) is 0 Å². The van der Waals surface area contributed by atoms with Gasteiger partial charge in [-0.05, 0) is 31.2 Å². The van der Waals surface area contributed by atoms with Gasteiger partial charge in [0.1, 0.15) is 11.9 Å². The minimum atomic E-state index is -0.147. The zero-order valence-corrected chi connectivity index (χ0v) is 8.41. The molecule has 0 aliphatic carbocycles. The number of aliphatic hydroxyl groups is 1. The average Bonchev–Trinajstić information content (AvgIpc) is 2.09. The second kappa shape index (κ2) is 4.48. The van der Waals surface area contributed by atoms with E-state index in [9.17, 15) is 0 Å². The van der Waals surface area contributed by atoms with Gasteiger partial charge in [0.2, 0.25) is 0 Å². The Hall–Kier alpha value is -0.540. The van der Waals surface area contributed by atoms with Gasteiger partial charge in [0.05, 0.1) is 6.61 Å². The van der Waals surface area contributed by atoms with E-state index in [-0.39, 0.29) is 12.7 Å². The maximum atomic E-state index is 8.72. The Balaban J connectivity index is 2.58. The van der Waals surface area contributed by atoms with Crippen LogP contribution in [0.5, 0.6) is 5.75 Å². The predicted molar refractivity (Wildman–Crippen MR) is 51.3 cm³/mol. The SMILES string of the molecule is C[C@@H](CO)Oc1ccc(Br)cc1. The highest BCUT2D eigenvalue weighted by molar-refractivity contribution is 9.10. The van der Waals surface area contributed by atoms with Crippen LogP contribution in [0.3, 0.4) is 0 Å². The number of benzene rings is 1. The second-order valence-electron chi connectivity index (χ2n) is 2.56. The fourth-order valence-electron chi connectivity index (χ4n) is 0.783. The van der Waals surface area contributed by atoms with Gasteiger partial charge in [0.15, 0.2) is 0 Å². The lowest BCUT2D eigenvalue weighted by molar-refractivity contribution is 0.129. The standard InChI is InChI=1S/C9H11BrO2/c1-7(6-11)12-9-4-2-8(10)3-5-9/h2-5,7,11H,6H2,1H3/t7-/m0/s1. The Morgan fingerprint density at radius 3 is 2.50 bits per heavy atom. The first-order valence-electron chi connectivity index (χ1n) is 3.75. The first-order chi connectivity index (χ1) is 5.72. The van der Waals surface area contributed by atoms with Crippen molar-refractivity contribution in [2.75, 3.05) is 6.61 Å². The van der Waals surface area contributed by atoms with Gasteiger partial charge in [-0.2, -0.15) is 0 Å². The average molecular weight is 231 g/mol. The van der Waals surface area contributed by atoms with Gasteiger partial charge >= 0.3 is 0 Å². The van der Waals surface area contributed by atoms with Crippen LogP contribution in [-0.4, -0.2) is 17.8 Å². The molecule has 0 bridgehead atoms. The largest absolute Gasteiger partial charge is 0.488 e. The summed E-state index contributed by atoms with van der Waals surface area (Å²) in [6.07, 6.45) is -0.147. The van der Waals surface area contributed by atoms with Crippen molar-refractivity contribution in [3.8, 4) is 5.75 Å². The molecule has 3 heteroatoms. The third kappa shape index (κ3) is 2.83. The fraction of sp³-hybridized carbons (Fsp3) is 0.333.